The molecule has 0 amide bonds. The number of nitriles is 1. The molecule has 3 heteroatoms. The number of halogens is 1. The molecule has 1 nitrogen and oxygen atoms in total. The van der Waals surface area contributed by atoms with Crippen LogP contribution in [0, 0.1) is 11.3 Å². The van der Waals surface area contributed by atoms with Gasteiger partial charge in [-0.15, -0.1) is 11.3 Å². The highest BCUT2D eigenvalue weighted by Gasteiger charge is 2.22. The molecule has 0 fully saturated rings. The van der Waals surface area contributed by atoms with E-state index in [4.69, 9.17) is 5.26 Å². The Morgan fingerprint density at radius 1 is 1.64 bits per heavy atom. The van der Waals surface area contributed by atoms with Crippen LogP contribution in [0.5, 0.6) is 0 Å². The molecule has 1 rings (SSSR count). The summed E-state index contributed by atoms with van der Waals surface area (Å²) in [5.74, 6) is 0. The van der Waals surface area contributed by atoms with Crippen LogP contribution in [0.2, 0.25) is 0 Å². The van der Waals surface area contributed by atoms with E-state index in [0.717, 1.165) is 9.35 Å². The first-order valence-electron chi connectivity index (χ1n) is 3.22. The van der Waals surface area contributed by atoms with Crippen molar-refractivity contribution < 1.29 is 0 Å². The minimum absolute atomic E-state index is 0.376. The smallest absolute Gasteiger partial charge is 0.0785 e. The van der Waals surface area contributed by atoms with E-state index in [2.05, 4.69) is 22.0 Å². The number of nitrogens with zero attached hydrogens (tertiary/aromatic N) is 1. The van der Waals surface area contributed by atoms with E-state index in [-0.39, 0.29) is 5.41 Å². The Morgan fingerprint density at radius 3 is 2.64 bits per heavy atom. The molecule has 0 aliphatic rings. The monoisotopic (exact) mass is 229 g/mol. The number of hydrogen-bond acceptors (Lipinski definition) is 2. The first-order chi connectivity index (χ1) is 5.08. The Balaban J connectivity index is 3.13. The lowest BCUT2D eigenvalue weighted by Crippen LogP contribution is -2.12. The maximum atomic E-state index is 8.82. The van der Waals surface area contributed by atoms with E-state index >= 15 is 0 Å². The number of rotatable bonds is 1. The summed E-state index contributed by atoms with van der Waals surface area (Å²) >= 11 is 5.02. The third-order valence-corrected chi connectivity index (χ3v) is 3.26. The Morgan fingerprint density at radius 2 is 2.27 bits per heavy atom. The molecule has 0 aliphatic carbocycles. The fourth-order valence-corrected chi connectivity index (χ4v) is 2.53. The predicted molar refractivity (Wildman–Crippen MR) is 50.7 cm³/mol. The third kappa shape index (κ3) is 1.63. The standard InChI is InChI=1S/C8H8BrNS/c1-8(2,5-10)6-3-4-11-7(6)9/h3-4H,1-2H3. The van der Waals surface area contributed by atoms with E-state index in [9.17, 15) is 0 Å². The first-order valence-corrected chi connectivity index (χ1v) is 4.90. The SMILES string of the molecule is CC(C)(C#N)c1ccsc1Br. The van der Waals surface area contributed by atoms with Crippen LogP contribution in [0.4, 0.5) is 0 Å². The van der Waals surface area contributed by atoms with E-state index in [0.29, 0.717) is 0 Å². The molecule has 0 radical (unpaired) electrons. The average molecular weight is 230 g/mol. The molecule has 0 saturated heterocycles. The van der Waals surface area contributed by atoms with E-state index in [1.54, 1.807) is 11.3 Å². The van der Waals surface area contributed by atoms with Gasteiger partial charge in [0.1, 0.15) is 0 Å². The van der Waals surface area contributed by atoms with Gasteiger partial charge in [0.25, 0.3) is 0 Å². The molecule has 0 spiro atoms. The van der Waals surface area contributed by atoms with Crippen molar-refractivity contribution in [3.8, 4) is 6.07 Å². The second-order valence-electron chi connectivity index (χ2n) is 2.84. The maximum Gasteiger partial charge on any atom is 0.0785 e. The van der Waals surface area contributed by atoms with Gasteiger partial charge in [-0.05, 0) is 46.8 Å². The van der Waals surface area contributed by atoms with Crippen molar-refractivity contribution in [1.29, 1.82) is 5.26 Å². The van der Waals surface area contributed by atoms with Gasteiger partial charge in [-0.1, -0.05) is 0 Å². The molecule has 1 aromatic heterocycles. The van der Waals surface area contributed by atoms with Gasteiger partial charge in [-0.25, -0.2) is 0 Å². The molecule has 1 aromatic rings. The van der Waals surface area contributed by atoms with Gasteiger partial charge in [-0.3, -0.25) is 0 Å². The molecule has 0 aromatic carbocycles. The molecule has 0 N–H and O–H groups in total. The van der Waals surface area contributed by atoms with Gasteiger partial charge in [0.15, 0.2) is 0 Å². The summed E-state index contributed by atoms with van der Waals surface area (Å²) in [7, 11) is 0. The van der Waals surface area contributed by atoms with Crippen molar-refractivity contribution in [3.63, 3.8) is 0 Å². The Hall–Kier alpha value is -0.330. The first kappa shape index (κ1) is 8.76. The second kappa shape index (κ2) is 2.96. The highest BCUT2D eigenvalue weighted by atomic mass is 79.9. The van der Waals surface area contributed by atoms with E-state index in [1.165, 1.54) is 0 Å². The molecular weight excluding hydrogens is 222 g/mol. The van der Waals surface area contributed by atoms with E-state index in [1.807, 2.05) is 25.3 Å². The van der Waals surface area contributed by atoms with Gasteiger partial charge in [0.2, 0.25) is 0 Å². The third-order valence-electron chi connectivity index (χ3n) is 1.57. The van der Waals surface area contributed by atoms with Gasteiger partial charge >= 0.3 is 0 Å². The highest BCUT2D eigenvalue weighted by Crippen LogP contribution is 2.33. The lowest BCUT2D eigenvalue weighted by molar-refractivity contribution is 0.687. The fourth-order valence-electron chi connectivity index (χ4n) is 0.805. The van der Waals surface area contributed by atoms with Crippen molar-refractivity contribution in [2.24, 2.45) is 0 Å². The lowest BCUT2D eigenvalue weighted by atomic mass is 9.89. The number of thiophene rings is 1. The van der Waals surface area contributed by atoms with Gasteiger partial charge in [0, 0.05) is 0 Å². The Bertz CT molecular complexity index is 295. The molecule has 58 valence electrons. The second-order valence-corrected chi connectivity index (χ2v) is 5.08. The van der Waals surface area contributed by atoms with Gasteiger partial charge in [-0.2, -0.15) is 5.26 Å². The minimum atomic E-state index is -0.376. The highest BCUT2D eigenvalue weighted by molar-refractivity contribution is 9.11. The summed E-state index contributed by atoms with van der Waals surface area (Å²) in [5, 5.41) is 10.8. The molecule has 0 unspecified atom stereocenters. The van der Waals surface area contributed by atoms with Crippen molar-refractivity contribution in [2.45, 2.75) is 19.3 Å². The summed E-state index contributed by atoms with van der Waals surface area (Å²) in [6.45, 7) is 3.83. The zero-order chi connectivity index (χ0) is 8.48. The summed E-state index contributed by atoms with van der Waals surface area (Å²) in [4.78, 5) is 0. The molecule has 1 heterocycles. The van der Waals surface area contributed by atoms with Crippen LogP contribution < -0.4 is 0 Å². The fraction of sp³-hybridized carbons (Fsp3) is 0.375. The molecular formula is C8H8BrNS. The summed E-state index contributed by atoms with van der Waals surface area (Å²) in [5.41, 5.74) is 0.698. The minimum Gasteiger partial charge on any atom is -0.197 e. The van der Waals surface area contributed by atoms with Crippen LogP contribution in [0.15, 0.2) is 15.2 Å². The summed E-state index contributed by atoms with van der Waals surface area (Å²) in [6.07, 6.45) is 0. The zero-order valence-electron chi connectivity index (χ0n) is 6.39. The zero-order valence-corrected chi connectivity index (χ0v) is 8.79. The van der Waals surface area contributed by atoms with Crippen LogP contribution >= 0.6 is 27.3 Å². The van der Waals surface area contributed by atoms with Crippen LogP contribution in [0.3, 0.4) is 0 Å². The largest absolute Gasteiger partial charge is 0.197 e. The van der Waals surface area contributed by atoms with Crippen molar-refractivity contribution in [3.05, 3.63) is 20.8 Å². The van der Waals surface area contributed by atoms with Crippen LogP contribution in [-0.2, 0) is 5.41 Å². The summed E-state index contributed by atoms with van der Waals surface area (Å²) < 4.78 is 1.06. The number of hydrogen-bond donors (Lipinski definition) is 0. The van der Waals surface area contributed by atoms with Crippen LogP contribution in [-0.4, -0.2) is 0 Å². The van der Waals surface area contributed by atoms with Crippen LogP contribution in [0.25, 0.3) is 0 Å². The van der Waals surface area contributed by atoms with E-state index < -0.39 is 0 Å². The van der Waals surface area contributed by atoms with Gasteiger partial charge < -0.3 is 0 Å². The molecule has 0 aliphatic heterocycles. The predicted octanol–water partition coefficient (Wildman–Crippen LogP) is 3.31. The molecule has 11 heavy (non-hydrogen) atoms. The maximum absolute atomic E-state index is 8.82. The van der Waals surface area contributed by atoms with Crippen molar-refractivity contribution in [1.82, 2.24) is 0 Å². The molecule has 0 bridgehead atoms. The Kier molecular flexibility index (Phi) is 2.36. The quantitative estimate of drug-likeness (QED) is 0.726. The van der Waals surface area contributed by atoms with Crippen molar-refractivity contribution in [2.75, 3.05) is 0 Å². The van der Waals surface area contributed by atoms with Crippen molar-refractivity contribution >= 4 is 27.3 Å². The Labute approximate surface area is 78.8 Å². The normalized spacial score (nSPS) is 11.1. The summed E-state index contributed by atoms with van der Waals surface area (Å²) in [6, 6.07) is 4.25. The molecule has 0 atom stereocenters. The topological polar surface area (TPSA) is 23.8 Å². The lowest BCUT2D eigenvalue weighted by Gasteiger charge is -2.13. The molecule has 0 saturated carbocycles. The average Bonchev–Trinajstić information content (AvgIpc) is 2.36. The van der Waals surface area contributed by atoms with Crippen LogP contribution in [0.1, 0.15) is 19.4 Å². The van der Waals surface area contributed by atoms with Gasteiger partial charge in [0.05, 0.1) is 15.3 Å².